The number of hydrogen-bond acceptors (Lipinski definition) is 7. The van der Waals surface area contributed by atoms with E-state index in [1.165, 1.54) is 16.4 Å². The van der Waals surface area contributed by atoms with Crippen LogP contribution in [0.5, 0.6) is 0 Å². The summed E-state index contributed by atoms with van der Waals surface area (Å²) in [6.45, 7) is 2.05. The van der Waals surface area contributed by atoms with Gasteiger partial charge in [-0.05, 0) is 62.4 Å². The Hall–Kier alpha value is -1.83. The fourth-order valence-electron chi connectivity index (χ4n) is 6.49. The van der Waals surface area contributed by atoms with Gasteiger partial charge in [0.15, 0.2) is 5.60 Å². The molecule has 3 aliphatic rings. The van der Waals surface area contributed by atoms with Gasteiger partial charge in [0.05, 0.1) is 17.0 Å². The Morgan fingerprint density at radius 1 is 1.00 bits per heavy atom. The molecule has 2 aromatic rings. The molecule has 0 aliphatic carbocycles. The van der Waals surface area contributed by atoms with E-state index in [9.17, 15) is 31.8 Å². The molecule has 0 radical (unpaired) electrons. The van der Waals surface area contributed by atoms with Crippen LogP contribution in [0.4, 0.5) is 18.9 Å². The normalized spacial score (nSPS) is 28.3. The monoisotopic (exact) mass is 599 g/mol. The fourth-order valence-corrected chi connectivity index (χ4v) is 8.55. The molecule has 2 aromatic carbocycles. The van der Waals surface area contributed by atoms with E-state index >= 15 is 0 Å². The summed E-state index contributed by atoms with van der Waals surface area (Å²) >= 11 is 4.37. The Bertz CT molecular complexity index is 1290. The minimum absolute atomic E-state index is 0.141. The molecule has 0 aromatic heterocycles. The third kappa shape index (κ3) is 5.63. The zero-order chi connectivity index (χ0) is 28.9. The highest BCUT2D eigenvalue weighted by Gasteiger charge is 2.51. The number of halogens is 3. The maximum absolute atomic E-state index is 13.7. The Labute approximate surface area is 239 Å². The van der Waals surface area contributed by atoms with Gasteiger partial charge < -0.3 is 15.1 Å². The van der Waals surface area contributed by atoms with Crippen molar-refractivity contribution in [2.75, 3.05) is 31.1 Å². The first kappa shape index (κ1) is 29.7. The van der Waals surface area contributed by atoms with Crippen LogP contribution in [0, 0.1) is 0 Å². The topological polar surface area (TPSA) is 84.3 Å². The molecule has 12 heteroatoms. The zero-order valence-electron chi connectivity index (χ0n) is 22.3. The van der Waals surface area contributed by atoms with Gasteiger partial charge in [0.25, 0.3) is 0 Å². The molecule has 7 nitrogen and oxygen atoms in total. The minimum Gasteiger partial charge on any atom is -0.393 e. The summed E-state index contributed by atoms with van der Waals surface area (Å²) in [4.78, 5) is 4.97. The van der Waals surface area contributed by atoms with Crippen LogP contribution in [0.25, 0.3) is 0 Å². The van der Waals surface area contributed by atoms with Crippen molar-refractivity contribution in [2.45, 2.75) is 84.8 Å². The predicted octanol–water partition coefficient (Wildman–Crippen LogP) is 4.00. The van der Waals surface area contributed by atoms with E-state index in [4.69, 9.17) is 0 Å². The number of piperazine rings is 1. The lowest BCUT2D eigenvalue weighted by molar-refractivity contribution is -0.258. The summed E-state index contributed by atoms with van der Waals surface area (Å²) in [6.07, 6.45) is -0.776. The summed E-state index contributed by atoms with van der Waals surface area (Å²) in [5.74, 6) is 0. The van der Waals surface area contributed by atoms with Crippen LogP contribution in [-0.4, -0.2) is 84.4 Å². The zero-order valence-corrected chi connectivity index (χ0v) is 24.0. The van der Waals surface area contributed by atoms with Crippen LogP contribution >= 0.6 is 12.6 Å². The molecule has 0 spiro atoms. The first-order valence-corrected chi connectivity index (χ1v) is 15.6. The van der Waals surface area contributed by atoms with Gasteiger partial charge in [-0.15, -0.1) is 12.6 Å². The fraction of sp³-hybridized carbons (Fsp3) is 0.571. The van der Waals surface area contributed by atoms with Crippen molar-refractivity contribution in [3.8, 4) is 0 Å². The van der Waals surface area contributed by atoms with Gasteiger partial charge in [-0.2, -0.15) is 17.5 Å². The van der Waals surface area contributed by atoms with Crippen LogP contribution in [0.15, 0.2) is 58.3 Å². The summed E-state index contributed by atoms with van der Waals surface area (Å²) in [7, 11) is -3.83. The standard InChI is InChI=1S/C28H36F3N3O4S2/c1-27(36,28(29,30)31)19-9-11-20(12-10-19)33-14-13-32(40(37,38)26-8-3-2-7-25(26)39)17-23(33)18-34-21-5-4-6-22(34)16-24(35)15-21/h2-3,7-12,21-24,35-36,39H,4-6,13-18H2,1H3/t21?,22?,23-,24?,27?/m1/s1. The maximum atomic E-state index is 13.7. The van der Waals surface area contributed by atoms with Gasteiger partial charge in [0, 0.05) is 48.8 Å². The molecule has 3 heterocycles. The molecule has 3 fully saturated rings. The van der Waals surface area contributed by atoms with Gasteiger partial charge >= 0.3 is 6.18 Å². The molecule has 3 aliphatic heterocycles. The van der Waals surface area contributed by atoms with E-state index in [-0.39, 0.29) is 47.8 Å². The van der Waals surface area contributed by atoms with Crippen molar-refractivity contribution in [2.24, 2.45) is 0 Å². The molecule has 4 atom stereocenters. The molecule has 5 rings (SSSR count). The highest BCUT2D eigenvalue weighted by molar-refractivity contribution is 7.90. The van der Waals surface area contributed by atoms with Crippen LogP contribution in [0.1, 0.15) is 44.6 Å². The van der Waals surface area contributed by atoms with E-state index in [1.807, 2.05) is 0 Å². The largest absolute Gasteiger partial charge is 0.421 e. The maximum Gasteiger partial charge on any atom is 0.421 e. The number of piperidine rings is 2. The number of sulfonamides is 1. The van der Waals surface area contributed by atoms with Crippen LogP contribution in [-0.2, 0) is 15.6 Å². The quantitative estimate of drug-likeness (QED) is 0.436. The lowest BCUT2D eigenvalue weighted by atomic mass is 9.82. The van der Waals surface area contributed by atoms with Crippen molar-refractivity contribution in [3.63, 3.8) is 0 Å². The molecule has 2 N–H and O–H groups in total. The number of alkyl halides is 3. The summed E-state index contributed by atoms with van der Waals surface area (Å²) in [5, 5.41) is 20.5. The van der Waals surface area contributed by atoms with E-state index in [0.717, 1.165) is 26.2 Å². The Balaban J connectivity index is 1.45. The number of thiol groups is 1. The van der Waals surface area contributed by atoms with Crippen molar-refractivity contribution in [3.05, 3.63) is 54.1 Å². The molecule has 3 saturated heterocycles. The third-order valence-electron chi connectivity index (χ3n) is 8.76. The first-order chi connectivity index (χ1) is 18.8. The van der Waals surface area contributed by atoms with Crippen molar-refractivity contribution < 1.29 is 31.8 Å². The SMILES string of the molecule is CC(O)(c1ccc(N2CCN(S(=O)(=O)c3ccccc3S)C[C@@H]2CN2C3CCCC2CC(O)C3)cc1)C(F)(F)F. The number of anilines is 1. The predicted molar refractivity (Wildman–Crippen MR) is 149 cm³/mol. The third-order valence-corrected chi connectivity index (χ3v) is 11.2. The summed E-state index contributed by atoms with van der Waals surface area (Å²) in [6, 6.07) is 12.4. The minimum atomic E-state index is -4.82. The van der Waals surface area contributed by atoms with Gasteiger partial charge in [-0.1, -0.05) is 30.7 Å². The molecular weight excluding hydrogens is 563 g/mol. The van der Waals surface area contributed by atoms with Crippen LogP contribution < -0.4 is 4.90 Å². The average Bonchev–Trinajstić information content (AvgIpc) is 2.89. The van der Waals surface area contributed by atoms with Crippen LogP contribution in [0.3, 0.4) is 0 Å². The highest BCUT2D eigenvalue weighted by Crippen LogP contribution is 2.40. The molecule has 220 valence electrons. The van der Waals surface area contributed by atoms with Gasteiger partial charge in [0.2, 0.25) is 10.0 Å². The van der Waals surface area contributed by atoms with E-state index in [2.05, 4.69) is 22.4 Å². The second kappa shape index (κ2) is 11.1. The summed E-state index contributed by atoms with van der Waals surface area (Å²) < 4.78 is 69.0. The van der Waals surface area contributed by atoms with E-state index in [1.54, 1.807) is 36.4 Å². The number of aliphatic hydroxyl groups excluding tert-OH is 1. The number of hydrogen-bond donors (Lipinski definition) is 3. The second-order valence-corrected chi connectivity index (χ2v) is 13.7. The Kier molecular flexibility index (Phi) is 8.23. The van der Waals surface area contributed by atoms with Crippen LogP contribution in [0.2, 0.25) is 0 Å². The average molecular weight is 600 g/mol. The first-order valence-electron chi connectivity index (χ1n) is 13.7. The summed E-state index contributed by atoms with van der Waals surface area (Å²) in [5.41, 5.74) is -2.57. The number of benzene rings is 2. The second-order valence-electron chi connectivity index (χ2n) is 11.4. The Morgan fingerprint density at radius 2 is 1.62 bits per heavy atom. The molecule has 0 amide bonds. The van der Waals surface area contributed by atoms with E-state index in [0.29, 0.717) is 36.5 Å². The number of rotatable bonds is 6. The highest BCUT2D eigenvalue weighted by atomic mass is 32.2. The smallest absolute Gasteiger partial charge is 0.393 e. The number of fused-ring (bicyclic) bond motifs is 2. The molecule has 0 saturated carbocycles. The van der Waals surface area contributed by atoms with Gasteiger partial charge in [-0.3, -0.25) is 4.90 Å². The number of nitrogens with zero attached hydrogens (tertiary/aromatic N) is 3. The Morgan fingerprint density at radius 3 is 2.23 bits per heavy atom. The molecular formula is C28H36F3N3O4S2. The van der Waals surface area contributed by atoms with Gasteiger partial charge in [-0.25, -0.2) is 8.42 Å². The molecule has 3 unspecified atom stereocenters. The lowest BCUT2D eigenvalue weighted by Crippen LogP contribution is -2.62. The van der Waals surface area contributed by atoms with Crippen molar-refractivity contribution >= 4 is 28.3 Å². The van der Waals surface area contributed by atoms with E-state index < -0.39 is 21.8 Å². The van der Waals surface area contributed by atoms with Crippen molar-refractivity contribution in [1.29, 1.82) is 0 Å². The number of aliphatic hydroxyl groups is 2. The molecule has 40 heavy (non-hydrogen) atoms. The molecule has 2 bridgehead atoms. The van der Waals surface area contributed by atoms with Crippen molar-refractivity contribution in [1.82, 2.24) is 9.21 Å². The lowest BCUT2D eigenvalue weighted by Gasteiger charge is -2.51. The van der Waals surface area contributed by atoms with Gasteiger partial charge in [0.1, 0.15) is 0 Å².